The summed E-state index contributed by atoms with van der Waals surface area (Å²) in [7, 11) is 1.65. The molecule has 0 spiro atoms. The molecule has 1 aromatic carbocycles. The zero-order chi connectivity index (χ0) is 9.52. The number of rotatable bonds is 5. The van der Waals surface area contributed by atoms with E-state index in [1.807, 2.05) is 25.1 Å². The van der Waals surface area contributed by atoms with Crippen LogP contribution in [0.3, 0.4) is 0 Å². The van der Waals surface area contributed by atoms with Crippen molar-refractivity contribution in [3.8, 4) is 0 Å². The molecule has 0 saturated heterocycles. The van der Waals surface area contributed by atoms with Crippen molar-refractivity contribution >= 4 is 0 Å². The summed E-state index contributed by atoms with van der Waals surface area (Å²) >= 11 is 0. The van der Waals surface area contributed by atoms with Crippen molar-refractivity contribution in [3.05, 3.63) is 35.9 Å². The molecule has 0 fully saturated rings. The molecule has 0 aromatic heterocycles. The lowest BCUT2D eigenvalue weighted by molar-refractivity contribution is -0.109. The highest BCUT2D eigenvalue weighted by Crippen LogP contribution is 2.00. The van der Waals surface area contributed by atoms with E-state index < -0.39 is 0 Å². The largest absolute Gasteiger partial charge is 0.356 e. The molecule has 0 bridgehead atoms. The molecule has 1 atom stereocenters. The topological polar surface area (TPSA) is 18.5 Å². The van der Waals surface area contributed by atoms with Gasteiger partial charge in [0.1, 0.15) is 0 Å². The lowest BCUT2D eigenvalue weighted by Gasteiger charge is -2.10. The third-order valence-electron chi connectivity index (χ3n) is 1.92. The second-order valence-electron chi connectivity index (χ2n) is 2.91. The number of ether oxygens (including phenoxy) is 2. The number of methoxy groups -OCH3 is 1. The number of benzene rings is 1. The maximum atomic E-state index is 5.37. The predicted molar refractivity (Wildman–Crippen MR) is 52.6 cm³/mol. The minimum absolute atomic E-state index is 0.108. The standard InChI is InChI=1S/C11H16O2/c1-10(12-2)13-9-8-11-6-4-3-5-7-11/h3-7,10H,8-9H2,1-2H3. The summed E-state index contributed by atoms with van der Waals surface area (Å²) in [5.74, 6) is 0. The highest BCUT2D eigenvalue weighted by Gasteiger charge is 1.97. The SMILES string of the molecule is COC(C)OCCc1ccccc1. The molecule has 1 unspecified atom stereocenters. The van der Waals surface area contributed by atoms with E-state index in [2.05, 4.69) is 12.1 Å². The van der Waals surface area contributed by atoms with E-state index in [1.165, 1.54) is 5.56 Å². The van der Waals surface area contributed by atoms with E-state index in [1.54, 1.807) is 7.11 Å². The average Bonchev–Trinajstić information content (AvgIpc) is 2.19. The minimum atomic E-state index is -0.108. The Bertz CT molecular complexity index is 221. The molecule has 0 aliphatic heterocycles. The first-order chi connectivity index (χ1) is 6.33. The van der Waals surface area contributed by atoms with Gasteiger partial charge in [0.2, 0.25) is 0 Å². The third kappa shape index (κ3) is 4.06. The molecule has 1 rings (SSSR count). The van der Waals surface area contributed by atoms with Gasteiger partial charge >= 0.3 is 0 Å². The lowest BCUT2D eigenvalue weighted by atomic mass is 10.2. The molecular formula is C11H16O2. The number of hydrogen-bond acceptors (Lipinski definition) is 2. The van der Waals surface area contributed by atoms with E-state index in [4.69, 9.17) is 9.47 Å². The van der Waals surface area contributed by atoms with E-state index in [9.17, 15) is 0 Å². The highest BCUT2D eigenvalue weighted by atomic mass is 16.7. The van der Waals surface area contributed by atoms with Gasteiger partial charge in [-0.1, -0.05) is 30.3 Å². The maximum absolute atomic E-state index is 5.37. The van der Waals surface area contributed by atoms with Crippen molar-refractivity contribution in [1.82, 2.24) is 0 Å². The van der Waals surface area contributed by atoms with Gasteiger partial charge in [-0.05, 0) is 18.9 Å². The van der Waals surface area contributed by atoms with Gasteiger partial charge < -0.3 is 9.47 Å². The molecule has 2 heteroatoms. The van der Waals surface area contributed by atoms with Gasteiger partial charge in [-0.25, -0.2) is 0 Å². The molecule has 1 aromatic rings. The van der Waals surface area contributed by atoms with Gasteiger partial charge in [0.15, 0.2) is 6.29 Å². The summed E-state index contributed by atoms with van der Waals surface area (Å²) in [6.07, 6.45) is 0.831. The molecule has 0 amide bonds. The van der Waals surface area contributed by atoms with Crippen LogP contribution in [-0.4, -0.2) is 20.0 Å². The summed E-state index contributed by atoms with van der Waals surface area (Å²) in [6, 6.07) is 10.3. The second-order valence-corrected chi connectivity index (χ2v) is 2.91. The van der Waals surface area contributed by atoms with Crippen molar-refractivity contribution in [3.63, 3.8) is 0 Å². The summed E-state index contributed by atoms with van der Waals surface area (Å²) in [4.78, 5) is 0. The van der Waals surface area contributed by atoms with Gasteiger partial charge in [0.05, 0.1) is 6.61 Å². The van der Waals surface area contributed by atoms with Crippen LogP contribution in [0.4, 0.5) is 0 Å². The van der Waals surface area contributed by atoms with E-state index in [0.717, 1.165) is 6.42 Å². The first kappa shape index (κ1) is 10.2. The normalized spacial score (nSPS) is 12.8. The van der Waals surface area contributed by atoms with Crippen molar-refractivity contribution in [2.24, 2.45) is 0 Å². The Morgan fingerprint density at radius 1 is 1.23 bits per heavy atom. The van der Waals surface area contributed by atoms with Crippen molar-refractivity contribution < 1.29 is 9.47 Å². The van der Waals surface area contributed by atoms with Gasteiger partial charge in [-0.2, -0.15) is 0 Å². The first-order valence-electron chi connectivity index (χ1n) is 4.51. The van der Waals surface area contributed by atoms with E-state index in [-0.39, 0.29) is 6.29 Å². The molecule has 13 heavy (non-hydrogen) atoms. The fourth-order valence-electron chi connectivity index (χ4n) is 1.06. The minimum Gasteiger partial charge on any atom is -0.356 e. The van der Waals surface area contributed by atoms with Gasteiger partial charge in [0, 0.05) is 7.11 Å². The zero-order valence-electron chi connectivity index (χ0n) is 8.19. The first-order valence-corrected chi connectivity index (χ1v) is 4.51. The fourth-order valence-corrected chi connectivity index (χ4v) is 1.06. The summed E-state index contributed by atoms with van der Waals surface area (Å²) in [5, 5.41) is 0. The van der Waals surface area contributed by atoms with Gasteiger partial charge in [0.25, 0.3) is 0 Å². The molecule has 0 saturated carbocycles. The Hall–Kier alpha value is -0.860. The van der Waals surface area contributed by atoms with Crippen LogP contribution < -0.4 is 0 Å². The van der Waals surface area contributed by atoms with Crippen molar-refractivity contribution in [2.45, 2.75) is 19.6 Å². The Morgan fingerprint density at radius 2 is 1.92 bits per heavy atom. The molecular weight excluding hydrogens is 164 g/mol. The summed E-state index contributed by atoms with van der Waals surface area (Å²) < 4.78 is 10.3. The quantitative estimate of drug-likeness (QED) is 0.647. The molecule has 0 aliphatic rings. The Morgan fingerprint density at radius 3 is 2.54 bits per heavy atom. The molecule has 2 nitrogen and oxygen atoms in total. The van der Waals surface area contributed by atoms with E-state index in [0.29, 0.717) is 6.61 Å². The van der Waals surface area contributed by atoms with Crippen LogP contribution in [0.15, 0.2) is 30.3 Å². The molecule has 0 heterocycles. The second kappa shape index (κ2) is 5.73. The monoisotopic (exact) mass is 180 g/mol. The number of hydrogen-bond donors (Lipinski definition) is 0. The predicted octanol–water partition coefficient (Wildman–Crippen LogP) is 2.24. The van der Waals surface area contributed by atoms with Crippen LogP contribution in [0, 0.1) is 0 Å². The van der Waals surface area contributed by atoms with Crippen molar-refractivity contribution in [1.29, 1.82) is 0 Å². The van der Waals surface area contributed by atoms with Crippen LogP contribution in [0.25, 0.3) is 0 Å². The summed E-state index contributed by atoms with van der Waals surface area (Å²) in [6.45, 7) is 2.60. The Labute approximate surface area is 79.5 Å². The van der Waals surface area contributed by atoms with Crippen LogP contribution in [0.5, 0.6) is 0 Å². The van der Waals surface area contributed by atoms with Gasteiger partial charge in [-0.15, -0.1) is 0 Å². The Kier molecular flexibility index (Phi) is 4.50. The van der Waals surface area contributed by atoms with Crippen LogP contribution in [0.1, 0.15) is 12.5 Å². The maximum Gasteiger partial charge on any atom is 0.154 e. The highest BCUT2D eigenvalue weighted by molar-refractivity contribution is 5.14. The van der Waals surface area contributed by atoms with Crippen LogP contribution in [-0.2, 0) is 15.9 Å². The van der Waals surface area contributed by atoms with E-state index >= 15 is 0 Å². The smallest absolute Gasteiger partial charge is 0.154 e. The van der Waals surface area contributed by atoms with Crippen LogP contribution >= 0.6 is 0 Å². The van der Waals surface area contributed by atoms with Crippen LogP contribution in [0.2, 0.25) is 0 Å². The third-order valence-corrected chi connectivity index (χ3v) is 1.92. The lowest BCUT2D eigenvalue weighted by Crippen LogP contribution is -2.12. The zero-order valence-corrected chi connectivity index (χ0v) is 8.19. The fraction of sp³-hybridized carbons (Fsp3) is 0.455. The molecule has 72 valence electrons. The average molecular weight is 180 g/mol. The molecule has 0 radical (unpaired) electrons. The Balaban J connectivity index is 2.20. The summed E-state index contributed by atoms with van der Waals surface area (Å²) in [5.41, 5.74) is 1.30. The molecule has 0 N–H and O–H groups in total. The van der Waals surface area contributed by atoms with Crippen molar-refractivity contribution in [2.75, 3.05) is 13.7 Å². The molecule has 0 aliphatic carbocycles. The van der Waals surface area contributed by atoms with Gasteiger partial charge in [-0.3, -0.25) is 0 Å².